The van der Waals surface area contributed by atoms with Crippen molar-refractivity contribution in [3.05, 3.63) is 82.4 Å². The number of imidazole rings is 1. The van der Waals surface area contributed by atoms with E-state index in [0.717, 1.165) is 11.1 Å². The Labute approximate surface area is 244 Å². The fraction of sp³-hybridized carbons (Fsp3) is 0.300. The highest BCUT2D eigenvalue weighted by Gasteiger charge is 2.39. The van der Waals surface area contributed by atoms with Crippen molar-refractivity contribution < 1.29 is 28.5 Å². The third-order valence-corrected chi connectivity index (χ3v) is 8.19. The third kappa shape index (κ3) is 5.42. The summed E-state index contributed by atoms with van der Waals surface area (Å²) in [7, 11) is 1.52. The van der Waals surface area contributed by atoms with Gasteiger partial charge in [0.1, 0.15) is 18.2 Å². The van der Waals surface area contributed by atoms with Gasteiger partial charge >= 0.3 is 5.97 Å². The smallest absolute Gasteiger partial charge is 0.335 e. The number of hydrogen-bond donors (Lipinski definition) is 1. The van der Waals surface area contributed by atoms with Crippen molar-refractivity contribution in [2.24, 2.45) is 5.41 Å². The van der Waals surface area contributed by atoms with Crippen LogP contribution in [0.3, 0.4) is 0 Å². The molecule has 1 aliphatic rings. The third-order valence-electron chi connectivity index (χ3n) is 7.33. The molecule has 12 heteroatoms. The van der Waals surface area contributed by atoms with Crippen molar-refractivity contribution in [2.75, 3.05) is 20.3 Å². The van der Waals surface area contributed by atoms with E-state index in [2.05, 4.69) is 33.6 Å². The number of carboxylic acids is 1. The summed E-state index contributed by atoms with van der Waals surface area (Å²) in [5, 5.41) is 18.5. The topological polar surface area (TPSA) is 121 Å². The highest BCUT2D eigenvalue weighted by atomic mass is 32.1. The van der Waals surface area contributed by atoms with Crippen molar-refractivity contribution in [3.63, 3.8) is 0 Å². The maximum atomic E-state index is 15.5. The fourth-order valence-electron chi connectivity index (χ4n) is 5.15. The van der Waals surface area contributed by atoms with Crippen molar-refractivity contribution in [2.45, 2.75) is 32.9 Å². The Balaban J connectivity index is 1.28. The highest BCUT2D eigenvalue weighted by Crippen LogP contribution is 2.40. The lowest BCUT2D eigenvalue weighted by Gasteiger charge is -2.28. The molecule has 0 bridgehead atoms. The summed E-state index contributed by atoms with van der Waals surface area (Å²) in [6.07, 6.45) is 0.350. The molecule has 3 aromatic heterocycles. The van der Waals surface area contributed by atoms with Crippen LogP contribution in [0.25, 0.3) is 22.3 Å². The first-order valence-electron chi connectivity index (χ1n) is 13.3. The van der Waals surface area contributed by atoms with Crippen LogP contribution in [0.15, 0.2) is 54.6 Å². The standard InChI is InChI=1S/C30H28FN5O5S/c1-30(2)16-40-14-24(30)36-23-13-18(28(37)38)8-10-22(23)32-25(36)12-17-7-9-19(20(31)11-17)21-5-4-6-26(33-21)41-15-27-34-35-29(39-3)42-27/h4-11,13,24H,12,14-16H2,1-3H3,(H,37,38). The second kappa shape index (κ2) is 11.1. The van der Waals surface area contributed by atoms with Gasteiger partial charge in [-0.15, -0.1) is 5.10 Å². The molecule has 1 saturated heterocycles. The van der Waals surface area contributed by atoms with Crippen LogP contribution in [0.5, 0.6) is 11.1 Å². The van der Waals surface area contributed by atoms with Crippen LogP contribution in [0.1, 0.15) is 46.6 Å². The van der Waals surface area contributed by atoms with E-state index in [9.17, 15) is 9.90 Å². The molecule has 2 aromatic carbocycles. The van der Waals surface area contributed by atoms with Gasteiger partial charge in [-0.1, -0.05) is 42.4 Å². The number of hydrogen-bond acceptors (Lipinski definition) is 9. The minimum atomic E-state index is -1.01. The Kier molecular flexibility index (Phi) is 7.33. The van der Waals surface area contributed by atoms with Crippen LogP contribution in [0.2, 0.25) is 0 Å². The molecule has 0 aliphatic carbocycles. The highest BCUT2D eigenvalue weighted by molar-refractivity contribution is 7.13. The molecular formula is C30H28FN5O5S. The zero-order chi connectivity index (χ0) is 29.4. The first kappa shape index (κ1) is 27.7. The van der Waals surface area contributed by atoms with E-state index >= 15 is 4.39 Å². The normalized spacial score (nSPS) is 16.1. The summed E-state index contributed by atoms with van der Waals surface area (Å²) < 4.78 is 34.2. The zero-order valence-corrected chi connectivity index (χ0v) is 24.0. The Morgan fingerprint density at radius 3 is 2.74 bits per heavy atom. The van der Waals surface area contributed by atoms with Gasteiger partial charge in [-0.05, 0) is 42.0 Å². The summed E-state index contributed by atoms with van der Waals surface area (Å²) in [6.45, 7) is 5.45. The van der Waals surface area contributed by atoms with Crippen LogP contribution >= 0.6 is 11.3 Å². The van der Waals surface area contributed by atoms with Gasteiger partial charge in [0.25, 0.3) is 5.19 Å². The molecule has 4 heterocycles. The summed E-state index contributed by atoms with van der Waals surface area (Å²) >= 11 is 1.27. The van der Waals surface area contributed by atoms with Crippen molar-refractivity contribution >= 4 is 28.3 Å². The van der Waals surface area contributed by atoms with Crippen LogP contribution in [-0.2, 0) is 17.8 Å². The summed E-state index contributed by atoms with van der Waals surface area (Å²) in [4.78, 5) is 21.0. The maximum Gasteiger partial charge on any atom is 0.335 e. The molecule has 1 atom stereocenters. The quantitative estimate of drug-likeness (QED) is 0.235. The van der Waals surface area contributed by atoms with E-state index in [0.29, 0.717) is 58.3 Å². The predicted octanol–water partition coefficient (Wildman–Crippen LogP) is 5.56. The second-order valence-corrected chi connectivity index (χ2v) is 11.8. The summed E-state index contributed by atoms with van der Waals surface area (Å²) in [5.41, 5.74) is 2.89. The molecule has 1 unspecified atom stereocenters. The number of ether oxygens (including phenoxy) is 3. The number of benzene rings is 2. The van der Waals surface area contributed by atoms with Gasteiger partial charge in [-0.3, -0.25) is 0 Å². The zero-order valence-electron chi connectivity index (χ0n) is 23.2. The number of aromatic carboxylic acids is 1. The maximum absolute atomic E-state index is 15.5. The van der Waals surface area contributed by atoms with Crippen LogP contribution in [-0.4, -0.2) is 56.1 Å². The van der Waals surface area contributed by atoms with Crippen LogP contribution < -0.4 is 9.47 Å². The van der Waals surface area contributed by atoms with Crippen LogP contribution in [0, 0.1) is 11.2 Å². The largest absolute Gasteiger partial charge is 0.478 e. The first-order chi connectivity index (χ1) is 20.2. The lowest BCUT2D eigenvalue weighted by Crippen LogP contribution is -2.27. The Hall–Kier alpha value is -4.42. The SMILES string of the molecule is COc1nnc(COc2cccc(-c3ccc(Cc4nc5ccc(C(=O)O)cc5n4C4COCC4(C)C)cc3F)n2)s1. The molecule has 10 nitrogen and oxygen atoms in total. The number of methoxy groups -OCH3 is 1. The molecule has 1 fully saturated rings. The van der Waals surface area contributed by atoms with Gasteiger partial charge in [0.15, 0.2) is 5.01 Å². The van der Waals surface area contributed by atoms with Gasteiger partial charge < -0.3 is 23.9 Å². The van der Waals surface area contributed by atoms with E-state index in [1.54, 1.807) is 42.5 Å². The predicted molar refractivity (Wildman–Crippen MR) is 154 cm³/mol. The minimum absolute atomic E-state index is 0.0566. The molecule has 0 spiro atoms. The summed E-state index contributed by atoms with van der Waals surface area (Å²) in [6, 6.07) is 15.1. The lowest BCUT2D eigenvalue weighted by atomic mass is 9.87. The average molecular weight is 590 g/mol. The Bertz CT molecular complexity index is 1790. The molecular weight excluding hydrogens is 561 g/mol. The number of halogens is 1. The van der Waals surface area contributed by atoms with Crippen molar-refractivity contribution in [1.29, 1.82) is 0 Å². The van der Waals surface area contributed by atoms with E-state index in [4.69, 9.17) is 19.2 Å². The number of nitrogens with zero attached hydrogens (tertiary/aromatic N) is 5. The van der Waals surface area contributed by atoms with E-state index in [1.807, 2.05) is 6.07 Å². The molecule has 0 amide bonds. The molecule has 0 radical (unpaired) electrons. The summed E-state index contributed by atoms with van der Waals surface area (Å²) in [5.74, 6) is -0.383. The molecule has 216 valence electrons. The second-order valence-electron chi connectivity index (χ2n) is 10.7. The minimum Gasteiger partial charge on any atom is -0.478 e. The number of carboxylic acid groups (broad SMARTS) is 1. The molecule has 1 aliphatic heterocycles. The van der Waals surface area contributed by atoms with Gasteiger partial charge in [-0.25, -0.2) is 19.2 Å². The average Bonchev–Trinajstić information content (AvgIpc) is 3.67. The Morgan fingerprint density at radius 2 is 2.02 bits per heavy atom. The van der Waals surface area contributed by atoms with E-state index in [1.165, 1.54) is 24.5 Å². The first-order valence-corrected chi connectivity index (χ1v) is 14.1. The van der Waals surface area contributed by atoms with Gasteiger partial charge in [0, 0.05) is 23.5 Å². The van der Waals surface area contributed by atoms with Gasteiger partial charge in [-0.2, -0.15) is 0 Å². The molecule has 1 N–H and O–H groups in total. The van der Waals surface area contributed by atoms with E-state index in [-0.39, 0.29) is 23.6 Å². The molecule has 5 aromatic rings. The number of fused-ring (bicyclic) bond motifs is 1. The van der Waals surface area contributed by atoms with Crippen LogP contribution in [0.4, 0.5) is 4.39 Å². The fourth-order valence-corrected chi connectivity index (χ4v) is 5.71. The van der Waals surface area contributed by atoms with Gasteiger partial charge in [0.05, 0.1) is 48.7 Å². The monoisotopic (exact) mass is 589 g/mol. The molecule has 42 heavy (non-hydrogen) atoms. The molecule has 0 saturated carbocycles. The lowest BCUT2D eigenvalue weighted by molar-refractivity contribution is 0.0697. The van der Waals surface area contributed by atoms with E-state index < -0.39 is 11.8 Å². The van der Waals surface area contributed by atoms with Crippen molar-refractivity contribution in [3.8, 4) is 22.3 Å². The Morgan fingerprint density at radius 1 is 1.17 bits per heavy atom. The number of pyridine rings is 1. The number of aromatic nitrogens is 5. The molecule has 6 rings (SSSR count). The van der Waals surface area contributed by atoms with Gasteiger partial charge in [0.2, 0.25) is 5.88 Å². The number of carbonyl (C=O) groups is 1. The van der Waals surface area contributed by atoms with Crippen molar-refractivity contribution in [1.82, 2.24) is 24.7 Å². The number of rotatable bonds is 9.